The Kier molecular flexibility index (Phi) is 5.07. The van der Waals surface area contributed by atoms with Gasteiger partial charge < -0.3 is 14.5 Å². The monoisotopic (exact) mass is 442 g/mol. The third-order valence-electron chi connectivity index (χ3n) is 6.39. The summed E-state index contributed by atoms with van der Waals surface area (Å²) < 4.78 is 19.9. The van der Waals surface area contributed by atoms with E-state index in [1.165, 1.54) is 17.7 Å². The van der Waals surface area contributed by atoms with Gasteiger partial charge in [0.2, 0.25) is 0 Å². The maximum atomic E-state index is 13.9. The molecule has 0 saturated carbocycles. The minimum atomic E-state index is -0.282. The van der Waals surface area contributed by atoms with Crippen LogP contribution in [0.1, 0.15) is 22.9 Å². The number of ether oxygens (including phenoxy) is 1. The van der Waals surface area contributed by atoms with E-state index in [9.17, 15) is 4.39 Å². The Bertz CT molecular complexity index is 1300. The number of morpholine rings is 1. The molecule has 4 aromatic rings. The third-order valence-corrected chi connectivity index (χ3v) is 6.39. The predicted molar refractivity (Wildman–Crippen MR) is 124 cm³/mol. The SMILES string of the molecule is Fc1ccc2ncnc(N3CCc4ncc(N5CCOC(c6cccnc6)C5)cc4C3)c2c1. The summed E-state index contributed by atoms with van der Waals surface area (Å²) in [6.07, 6.45) is 7.96. The first kappa shape index (κ1) is 20.0. The Morgan fingerprint density at radius 3 is 2.88 bits per heavy atom. The first-order valence-corrected chi connectivity index (χ1v) is 11.1. The van der Waals surface area contributed by atoms with E-state index in [-0.39, 0.29) is 11.9 Å². The van der Waals surface area contributed by atoms with Gasteiger partial charge >= 0.3 is 0 Å². The molecule has 6 rings (SSSR count). The summed E-state index contributed by atoms with van der Waals surface area (Å²) in [7, 11) is 0. The van der Waals surface area contributed by atoms with E-state index in [0.717, 1.165) is 59.7 Å². The van der Waals surface area contributed by atoms with Gasteiger partial charge in [0.05, 0.1) is 24.0 Å². The highest BCUT2D eigenvalue weighted by Gasteiger charge is 2.25. The van der Waals surface area contributed by atoms with Crippen molar-refractivity contribution in [2.24, 2.45) is 0 Å². The molecule has 0 radical (unpaired) electrons. The zero-order valence-corrected chi connectivity index (χ0v) is 18.1. The van der Waals surface area contributed by atoms with Gasteiger partial charge in [-0.2, -0.15) is 0 Å². The normalized spacial score (nSPS) is 18.4. The number of halogens is 1. The van der Waals surface area contributed by atoms with Crippen LogP contribution < -0.4 is 9.80 Å². The van der Waals surface area contributed by atoms with Crippen molar-refractivity contribution < 1.29 is 9.13 Å². The summed E-state index contributed by atoms with van der Waals surface area (Å²) in [5.74, 6) is 0.481. The van der Waals surface area contributed by atoms with E-state index in [1.807, 2.05) is 18.5 Å². The molecule has 8 heteroatoms. The van der Waals surface area contributed by atoms with Crippen LogP contribution in [0.4, 0.5) is 15.9 Å². The summed E-state index contributed by atoms with van der Waals surface area (Å²) in [6.45, 7) is 3.68. The number of pyridine rings is 2. The minimum Gasteiger partial charge on any atom is -0.370 e. The maximum absolute atomic E-state index is 13.9. The van der Waals surface area contributed by atoms with Crippen molar-refractivity contribution in [3.05, 3.63) is 84.0 Å². The van der Waals surface area contributed by atoms with Crippen LogP contribution in [0.3, 0.4) is 0 Å². The third kappa shape index (κ3) is 3.87. The van der Waals surface area contributed by atoms with E-state index in [2.05, 4.69) is 36.9 Å². The molecule has 0 bridgehead atoms. The van der Waals surface area contributed by atoms with Crippen molar-refractivity contribution >= 4 is 22.4 Å². The lowest BCUT2D eigenvalue weighted by molar-refractivity contribution is 0.0395. The van der Waals surface area contributed by atoms with E-state index >= 15 is 0 Å². The van der Waals surface area contributed by atoms with Gasteiger partial charge in [0.25, 0.3) is 0 Å². The second-order valence-electron chi connectivity index (χ2n) is 8.42. The molecular weight excluding hydrogens is 419 g/mol. The van der Waals surface area contributed by atoms with Crippen LogP contribution in [-0.2, 0) is 17.7 Å². The lowest BCUT2D eigenvalue weighted by atomic mass is 10.0. The molecule has 1 aromatic carbocycles. The Morgan fingerprint density at radius 2 is 1.97 bits per heavy atom. The average Bonchev–Trinajstić information content (AvgIpc) is 2.88. The largest absolute Gasteiger partial charge is 0.370 e. The number of hydrogen-bond donors (Lipinski definition) is 0. The average molecular weight is 442 g/mol. The van der Waals surface area contributed by atoms with Crippen LogP contribution in [0.5, 0.6) is 0 Å². The molecular formula is C25H23FN6O. The molecule has 1 atom stereocenters. The van der Waals surface area contributed by atoms with Gasteiger partial charge in [-0.25, -0.2) is 14.4 Å². The van der Waals surface area contributed by atoms with Crippen LogP contribution in [0, 0.1) is 5.82 Å². The molecule has 166 valence electrons. The molecule has 3 aromatic heterocycles. The van der Waals surface area contributed by atoms with Gasteiger partial charge in [-0.1, -0.05) is 6.07 Å². The molecule has 0 aliphatic carbocycles. The molecule has 0 spiro atoms. The molecule has 0 N–H and O–H groups in total. The number of rotatable bonds is 3. The Balaban J connectivity index is 1.27. The van der Waals surface area contributed by atoms with Crippen LogP contribution >= 0.6 is 0 Å². The summed E-state index contributed by atoms with van der Waals surface area (Å²) in [5.41, 5.74) is 5.20. The fourth-order valence-electron chi connectivity index (χ4n) is 4.69. The van der Waals surface area contributed by atoms with Crippen molar-refractivity contribution in [3.8, 4) is 0 Å². The Labute approximate surface area is 190 Å². The van der Waals surface area contributed by atoms with Crippen molar-refractivity contribution in [1.29, 1.82) is 0 Å². The number of anilines is 2. The Hall–Kier alpha value is -3.65. The fourth-order valence-corrected chi connectivity index (χ4v) is 4.69. The van der Waals surface area contributed by atoms with E-state index in [1.54, 1.807) is 18.6 Å². The number of nitrogens with zero attached hydrogens (tertiary/aromatic N) is 6. The second kappa shape index (κ2) is 8.37. The highest BCUT2D eigenvalue weighted by molar-refractivity contribution is 5.89. The molecule has 0 amide bonds. The first-order valence-electron chi connectivity index (χ1n) is 11.1. The summed E-state index contributed by atoms with van der Waals surface area (Å²) in [4.78, 5) is 22.3. The number of aromatic nitrogens is 4. The molecule has 1 unspecified atom stereocenters. The minimum absolute atomic E-state index is 0.0118. The van der Waals surface area contributed by atoms with Crippen LogP contribution in [0.25, 0.3) is 10.9 Å². The molecule has 1 fully saturated rings. The molecule has 5 heterocycles. The van der Waals surface area contributed by atoms with Crippen LogP contribution in [-0.4, -0.2) is 46.2 Å². The van der Waals surface area contributed by atoms with Gasteiger partial charge in [-0.15, -0.1) is 0 Å². The second-order valence-corrected chi connectivity index (χ2v) is 8.42. The fraction of sp³-hybridized carbons (Fsp3) is 0.280. The van der Waals surface area contributed by atoms with Crippen molar-refractivity contribution in [2.45, 2.75) is 19.1 Å². The lowest BCUT2D eigenvalue weighted by Gasteiger charge is -2.35. The summed E-state index contributed by atoms with van der Waals surface area (Å²) in [6, 6.07) is 10.9. The van der Waals surface area contributed by atoms with E-state index < -0.39 is 0 Å². The van der Waals surface area contributed by atoms with Crippen LogP contribution in [0.2, 0.25) is 0 Å². The summed E-state index contributed by atoms with van der Waals surface area (Å²) >= 11 is 0. The molecule has 7 nitrogen and oxygen atoms in total. The van der Waals surface area contributed by atoms with Crippen molar-refractivity contribution in [2.75, 3.05) is 36.0 Å². The van der Waals surface area contributed by atoms with Gasteiger partial charge in [0.15, 0.2) is 0 Å². The van der Waals surface area contributed by atoms with Crippen molar-refractivity contribution in [1.82, 2.24) is 19.9 Å². The van der Waals surface area contributed by atoms with Crippen LogP contribution in [0.15, 0.2) is 61.3 Å². The van der Waals surface area contributed by atoms with Gasteiger partial charge in [-0.05, 0) is 35.9 Å². The van der Waals surface area contributed by atoms with Crippen molar-refractivity contribution in [3.63, 3.8) is 0 Å². The number of fused-ring (bicyclic) bond motifs is 2. The zero-order valence-electron chi connectivity index (χ0n) is 18.1. The topological polar surface area (TPSA) is 67.3 Å². The number of hydrogen-bond acceptors (Lipinski definition) is 7. The molecule has 1 saturated heterocycles. The smallest absolute Gasteiger partial charge is 0.140 e. The maximum Gasteiger partial charge on any atom is 0.140 e. The lowest BCUT2D eigenvalue weighted by Crippen LogP contribution is -2.39. The van der Waals surface area contributed by atoms with E-state index in [0.29, 0.717) is 13.2 Å². The van der Waals surface area contributed by atoms with E-state index in [4.69, 9.17) is 9.72 Å². The van der Waals surface area contributed by atoms with Gasteiger partial charge in [-0.3, -0.25) is 9.97 Å². The predicted octanol–water partition coefficient (Wildman–Crippen LogP) is 3.70. The first-order chi connectivity index (χ1) is 16.2. The number of benzene rings is 1. The summed E-state index contributed by atoms with van der Waals surface area (Å²) in [5, 5.41) is 0.734. The standard InChI is InChI=1S/C25H23FN6O/c26-19-3-4-23-21(11-19)25(30-16-29-23)32-7-5-22-18(14-32)10-20(13-28-22)31-8-9-33-24(15-31)17-2-1-6-27-12-17/h1-4,6,10-13,16,24H,5,7-9,14-15H2. The van der Waals surface area contributed by atoms with Gasteiger partial charge in [0.1, 0.15) is 24.1 Å². The quantitative estimate of drug-likeness (QED) is 0.479. The molecule has 2 aliphatic rings. The highest BCUT2D eigenvalue weighted by atomic mass is 19.1. The van der Waals surface area contributed by atoms with Gasteiger partial charge in [0, 0.05) is 61.6 Å². The zero-order chi connectivity index (χ0) is 22.2. The highest BCUT2D eigenvalue weighted by Crippen LogP contribution is 2.31. The Morgan fingerprint density at radius 1 is 1.00 bits per heavy atom. The molecule has 2 aliphatic heterocycles. The molecule has 33 heavy (non-hydrogen) atoms.